The summed E-state index contributed by atoms with van der Waals surface area (Å²) >= 11 is 0. The molecule has 21 heavy (non-hydrogen) atoms. The second-order valence-corrected chi connectivity index (χ2v) is 4.41. The number of hydrogen-bond acceptors (Lipinski definition) is 6. The first-order valence-corrected chi connectivity index (χ1v) is 6.02. The maximum atomic E-state index is 11.9. The highest BCUT2D eigenvalue weighted by molar-refractivity contribution is 6.06. The summed E-state index contributed by atoms with van der Waals surface area (Å²) in [4.78, 5) is 43.1. The molecule has 1 unspecified atom stereocenters. The second kappa shape index (κ2) is 5.60. The number of benzene rings is 1. The number of likely N-dealkylation sites (N-methyl/N-ethyl adjacent to an activating group) is 1. The SMILES string of the molecule is CNCC(=O)c1cccc2c1C2(OOCC(=O)O)C(=O)O. The van der Waals surface area contributed by atoms with E-state index >= 15 is 0 Å². The van der Waals surface area contributed by atoms with Crippen molar-refractivity contribution >= 4 is 17.7 Å². The number of rotatable bonds is 8. The third-order valence-electron chi connectivity index (χ3n) is 3.04. The van der Waals surface area contributed by atoms with Gasteiger partial charge in [-0.2, -0.15) is 0 Å². The van der Waals surface area contributed by atoms with E-state index in [-0.39, 0.29) is 29.0 Å². The van der Waals surface area contributed by atoms with Gasteiger partial charge in [-0.1, -0.05) is 18.2 Å². The summed E-state index contributed by atoms with van der Waals surface area (Å²) < 4.78 is 0. The lowest BCUT2D eigenvalue weighted by Gasteiger charge is -2.11. The molecule has 3 N–H and O–H groups in total. The molecule has 8 heteroatoms. The Bertz CT molecular complexity index is 613. The first kappa shape index (κ1) is 15.1. The van der Waals surface area contributed by atoms with E-state index in [2.05, 4.69) is 10.2 Å². The smallest absolute Gasteiger partial charge is 0.348 e. The summed E-state index contributed by atoms with van der Waals surface area (Å²) in [6.07, 6.45) is 0. The van der Waals surface area contributed by atoms with Crippen molar-refractivity contribution in [2.24, 2.45) is 0 Å². The maximum absolute atomic E-state index is 11.9. The van der Waals surface area contributed by atoms with Gasteiger partial charge in [0.05, 0.1) is 6.54 Å². The summed E-state index contributed by atoms with van der Waals surface area (Å²) in [5, 5.41) is 20.5. The fourth-order valence-corrected chi connectivity index (χ4v) is 2.14. The summed E-state index contributed by atoms with van der Waals surface area (Å²) in [6, 6.07) is 4.51. The van der Waals surface area contributed by atoms with Crippen molar-refractivity contribution < 1.29 is 34.4 Å². The minimum Gasteiger partial charge on any atom is -0.479 e. The van der Waals surface area contributed by atoms with E-state index in [1.54, 1.807) is 7.05 Å². The Balaban J connectivity index is 2.28. The average Bonchev–Trinajstić information content (AvgIpc) is 3.08. The lowest BCUT2D eigenvalue weighted by atomic mass is 10.1. The fraction of sp³-hybridized carbons (Fsp3) is 0.308. The van der Waals surface area contributed by atoms with Gasteiger partial charge in [0.15, 0.2) is 12.4 Å². The van der Waals surface area contributed by atoms with Crippen LogP contribution in [-0.2, 0) is 25.0 Å². The Kier molecular flexibility index (Phi) is 4.03. The Morgan fingerprint density at radius 1 is 1.29 bits per heavy atom. The highest BCUT2D eigenvalue weighted by atomic mass is 17.2. The van der Waals surface area contributed by atoms with Crippen LogP contribution >= 0.6 is 0 Å². The van der Waals surface area contributed by atoms with Gasteiger partial charge in [-0.05, 0) is 7.05 Å². The number of carboxylic acid groups (broad SMARTS) is 2. The van der Waals surface area contributed by atoms with Crippen LogP contribution in [0.5, 0.6) is 0 Å². The summed E-state index contributed by atoms with van der Waals surface area (Å²) in [5.74, 6) is -2.96. The van der Waals surface area contributed by atoms with Crippen molar-refractivity contribution in [1.82, 2.24) is 5.32 Å². The fourth-order valence-electron chi connectivity index (χ4n) is 2.14. The number of ketones is 1. The van der Waals surface area contributed by atoms with Gasteiger partial charge in [0, 0.05) is 16.7 Å². The van der Waals surface area contributed by atoms with Crippen LogP contribution in [0.2, 0.25) is 0 Å². The molecule has 1 aromatic rings. The van der Waals surface area contributed by atoms with Gasteiger partial charge in [0.2, 0.25) is 0 Å². The molecule has 0 saturated heterocycles. The first-order valence-electron chi connectivity index (χ1n) is 6.02. The Morgan fingerprint density at radius 3 is 2.57 bits per heavy atom. The number of carbonyl (C=O) groups is 3. The first-order chi connectivity index (χ1) is 9.95. The third kappa shape index (κ3) is 2.51. The molecule has 1 atom stereocenters. The van der Waals surface area contributed by atoms with Crippen LogP contribution in [0.25, 0.3) is 0 Å². The molecular weight excluding hydrogens is 282 g/mol. The second-order valence-electron chi connectivity index (χ2n) is 4.41. The topological polar surface area (TPSA) is 122 Å². The zero-order valence-corrected chi connectivity index (χ0v) is 11.1. The quantitative estimate of drug-likeness (QED) is 0.341. The molecule has 0 saturated carbocycles. The minimum atomic E-state index is -1.91. The summed E-state index contributed by atoms with van der Waals surface area (Å²) in [6.45, 7) is -0.759. The standard InChI is InChI=1S/C13H13NO7/c1-14-5-9(15)7-3-2-4-8-11(7)13(8,12(18)19)21-20-6-10(16)17/h2-4,14H,5-6H2,1H3,(H,16,17)(H,18,19). The molecule has 1 aliphatic carbocycles. The Hall–Kier alpha value is -2.29. The van der Waals surface area contributed by atoms with E-state index < -0.39 is 24.1 Å². The number of Topliss-reactive ketones (excluding diaryl/α,β-unsaturated/α-hetero) is 1. The molecule has 0 aromatic heterocycles. The van der Waals surface area contributed by atoms with Crippen LogP contribution in [0.1, 0.15) is 21.5 Å². The van der Waals surface area contributed by atoms with Gasteiger partial charge in [-0.25, -0.2) is 19.4 Å². The van der Waals surface area contributed by atoms with E-state index in [1.807, 2.05) is 0 Å². The predicted octanol–water partition coefficient (Wildman–Crippen LogP) is -0.237. The third-order valence-corrected chi connectivity index (χ3v) is 3.04. The molecule has 0 amide bonds. The molecule has 0 aliphatic heterocycles. The zero-order valence-electron chi connectivity index (χ0n) is 11.1. The van der Waals surface area contributed by atoms with Crippen molar-refractivity contribution in [3.63, 3.8) is 0 Å². The monoisotopic (exact) mass is 295 g/mol. The number of carboxylic acids is 2. The maximum Gasteiger partial charge on any atom is 0.348 e. The van der Waals surface area contributed by atoms with E-state index in [0.717, 1.165) is 0 Å². The van der Waals surface area contributed by atoms with Crippen LogP contribution in [0.15, 0.2) is 18.2 Å². The number of fused-ring (bicyclic) bond motifs is 1. The lowest BCUT2D eigenvalue weighted by Crippen LogP contribution is -2.28. The minimum absolute atomic E-state index is 0.0438. The van der Waals surface area contributed by atoms with Crippen molar-refractivity contribution in [2.45, 2.75) is 5.60 Å². The molecule has 0 radical (unpaired) electrons. The molecule has 2 rings (SSSR count). The molecule has 0 spiro atoms. The van der Waals surface area contributed by atoms with Crippen LogP contribution < -0.4 is 5.32 Å². The van der Waals surface area contributed by atoms with Gasteiger partial charge in [-0.15, -0.1) is 0 Å². The van der Waals surface area contributed by atoms with Crippen molar-refractivity contribution in [3.8, 4) is 0 Å². The van der Waals surface area contributed by atoms with Gasteiger partial charge in [0.25, 0.3) is 5.60 Å². The summed E-state index contributed by atoms with van der Waals surface area (Å²) in [7, 11) is 1.59. The van der Waals surface area contributed by atoms with Crippen LogP contribution in [0, 0.1) is 0 Å². The Morgan fingerprint density at radius 2 is 2.00 bits per heavy atom. The normalized spacial score (nSPS) is 18.9. The van der Waals surface area contributed by atoms with Crippen LogP contribution in [0.4, 0.5) is 0 Å². The zero-order chi connectivity index (χ0) is 15.6. The number of carbonyl (C=O) groups excluding carboxylic acids is 1. The molecule has 8 nitrogen and oxygen atoms in total. The van der Waals surface area contributed by atoms with Gasteiger partial charge < -0.3 is 15.5 Å². The number of aliphatic carboxylic acids is 2. The molecule has 0 heterocycles. The van der Waals surface area contributed by atoms with Crippen LogP contribution in [-0.4, -0.2) is 48.1 Å². The van der Waals surface area contributed by atoms with Crippen molar-refractivity contribution in [2.75, 3.05) is 20.2 Å². The van der Waals surface area contributed by atoms with E-state index in [0.29, 0.717) is 0 Å². The van der Waals surface area contributed by atoms with Crippen LogP contribution in [0.3, 0.4) is 0 Å². The highest BCUT2D eigenvalue weighted by Crippen LogP contribution is 2.53. The van der Waals surface area contributed by atoms with Gasteiger partial charge in [-0.3, -0.25) is 4.79 Å². The lowest BCUT2D eigenvalue weighted by molar-refractivity contribution is -0.333. The Labute approximate surface area is 119 Å². The summed E-state index contributed by atoms with van der Waals surface area (Å²) in [5.41, 5.74) is -1.22. The molecule has 1 aliphatic rings. The van der Waals surface area contributed by atoms with E-state index in [9.17, 15) is 19.5 Å². The molecule has 0 fully saturated rings. The van der Waals surface area contributed by atoms with Gasteiger partial charge >= 0.3 is 11.9 Å². The predicted molar refractivity (Wildman–Crippen MR) is 67.8 cm³/mol. The number of nitrogens with one attached hydrogen (secondary N) is 1. The molecule has 112 valence electrons. The van der Waals surface area contributed by atoms with E-state index in [4.69, 9.17) is 9.99 Å². The van der Waals surface area contributed by atoms with Gasteiger partial charge in [0.1, 0.15) is 0 Å². The largest absolute Gasteiger partial charge is 0.479 e. The number of hydrogen-bond donors (Lipinski definition) is 3. The molecule has 0 bridgehead atoms. The average molecular weight is 295 g/mol. The van der Waals surface area contributed by atoms with E-state index in [1.165, 1.54) is 18.2 Å². The molecule has 1 aromatic carbocycles. The highest BCUT2D eigenvalue weighted by Gasteiger charge is 2.62. The molecular formula is C13H13NO7. The van der Waals surface area contributed by atoms with Crippen molar-refractivity contribution in [3.05, 3.63) is 34.9 Å². The van der Waals surface area contributed by atoms with Crippen molar-refractivity contribution in [1.29, 1.82) is 0 Å².